The smallest absolute Gasteiger partial charge is 0.0740 e. The third-order valence-corrected chi connectivity index (χ3v) is 3.67. The zero-order valence-electron chi connectivity index (χ0n) is 7.99. The Balaban J connectivity index is 2.13. The zero-order valence-corrected chi connectivity index (χ0v) is 8.81. The van der Waals surface area contributed by atoms with Gasteiger partial charge < -0.3 is 5.73 Å². The number of hydrogen-bond donors (Lipinski definition) is 1. The lowest BCUT2D eigenvalue weighted by molar-refractivity contribution is 0.244. The van der Waals surface area contributed by atoms with Crippen LogP contribution in [0.25, 0.3) is 0 Å². The Hall–Kier alpha value is -0.410. The molecule has 0 radical (unpaired) electrons. The summed E-state index contributed by atoms with van der Waals surface area (Å²) in [7, 11) is 0. The van der Waals surface area contributed by atoms with Gasteiger partial charge in [-0.25, -0.2) is 0 Å². The minimum atomic E-state index is -0.119. The van der Waals surface area contributed by atoms with Crippen molar-refractivity contribution in [3.63, 3.8) is 0 Å². The molecule has 0 amide bonds. The fraction of sp³-hybridized carbons (Fsp3) is 0.700. The van der Waals surface area contributed by atoms with Crippen LogP contribution in [0.1, 0.15) is 38.3 Å². The molecule has 1 aromatic heterocycles. The maximum absolute atomic E-state index is 6.33. The van der Waals surface area contributed by atoms with Crippen molar-refractivity contribution in [1.82, 2.24) is 4.37 Å². The molecule has 3 heteroatoms. The first kappa shape index (κ1) is 9.16. The van der Waals surface area contributed by atoms with Crippen molar-refractivity contribution in [3.8, 4) is 0 Å². The van der Waals surface area contributed by atoms with E-state index in [0.29, 0.717) is 0 Å². The minimum Gasteiger partial charge on any atom is -0.320 e. The Labute approximate surface area is 83.3 Å². The molecule has 1 saturated carbocycles. The highest BCUT2D eigenvalue weighted by molar-refractivity contribution is 7.03. The van der Waals surface area contributed by atoms with Crippen molar-refractivity contribution in [3.05, 3.63) is 17.1 Å². The molecule has 2 N–H and O–H groups in total. The summed E-state index contributed by atoms with van der Waals surface area (Å²) < 4.78 is 4.35. The second-order valence-electron chi connectivity index (χ2n) is 4.22. The molecule has 2 rings (SSSR count). The van der Waals surface area contributed by atoms with Gasteiger partial charge >= 0.3 is 0 Å². The summed E-state index contributed by atoms with van der Waals surface area (Å²) in [6.45, 7) is 2.31. The SMILES string of the molecule is CC1CCC(N)(c2ccsn2)CC1. The summed E-state index contributed by atoms with van der Waals surface area (Å²) in [5.41, 5.74) is 7.31. The summed E-state index contributed by atoms with van der Waals surface area (Å²) in [4.78, 5) is 0. The van der Waals surface area contributed by atoms with Crippen molar-refractivity contribution in [2.75, 3.05) is 0 Å². The quantitative estimate of drug-likeness (QED) is 0.749. The molecule has 0 atom stereocenters. The van der Waals surface area contributed by atoms with Gasteiger partial charge in [0.1, 0.15) is 0 Å². The summed E-state index contributed by atoms with van der Waals surface area (Å²) in [5.74, 6) is 0.843. The number of nitrogens with two attached hydrogens (primary N) is 1. The van der Waals surface area contributed by atoms with Gasteiger partial charge in [-0.05, 0) is 49.2 Å². The molecular formula is C10H16N2S. The van der Waals surface area contributed by atoms with Gasteiger partial charge in [-0.1, -0.05) is 6.92 Å². The number of rotatable bonds is 1. The molecule has 1 heterocycles. The zero-order chi connectivity index (χ0) is 9.31. The molecular weight excluding hydrogens is 180 g/mol. The molecule has 0 aromatic carbocycles. The van der Waals surface area contributed by atoms with E-state index in [-0.39, 0.29) is 5.54 Å². The molecule has 0 spiro atoms. The van der Waals surface area contributed by atoms with Crippen molar-refractivity contribution in [2.24, 2.45) is 11.7 Å². The first-order chi connectivity index (χ1) is 6.21. The fourth-order valence-corrected chi connectivity index (χ4v) is 2.61. The molecule has 1 aromatic rings. The Morgan fingerprint density at radius 3 is 2.77 bits per heavy atom. The average Bonchev–Trinajstić information content (AvgIpc) is 2.63. The van der Waals surface area contributed by atoms with E-state index in [4.69, 9.17) is 5.73 Å². The van der Waals surface area contributed by atoms with Crippen LogP contribution in [0.15, 0.2) is 11.4 Å². The summed E-state index contributed by atoms with van der Waals surface area (Å²) in [6.07, 6.45) is 4.68. The van der Waals surface area contributed by atoms with E-state index in [2.05, 4.69) is 17.4 Å². The monoisotopic (exact) mass is 196 g/mol. The molecule has 1 aliphatic carbocycles. The maximum atomic E-state index is 6.33. The summed E-state index contributed by atoms with van der Waals surface area (Å²) >= 11 is 1.50. The predicted octanol–water partition coefficient (Wildman–Crippen LogP) is 2.51. The van der Waals surface area contributed by atoms with E-state index in [1.165, 1.54) is 24.4 Å². The average molecular weight is 196 g/mol. The molecule has 13 heavy (non-hydrogen) atoms. The van der Waals surface area contributed by atoms with E-state index in [1.54, 1.807) is 0 Å². The first-order valence-corrected chi connectivity index (χ1v) is 5.74. The lowest BCUT2D eigenvalue weighted by Gasteiger charge is -2.34. The van der Waals surface area contributed by atoms with Gasteiger partial charge in [-0.15, -0.1) is 0 Å². The van der Waals surface area contributed by atoms with Crippen LogP contribution in [-0.2, 0) is 5.54 Å². The third-order valence-electron chi connectivity index (χ3n) is 3.11. The summed E-state index contributed by atoms with van der Waals surface area (Å²) in [6, 6.07) is 2.07. The Kier molecular flexibility index (Phi) is 2.39. The van der Waals surface area contributed by atoms with Crippen molar-refractivity contribution < 1.29 is 0 Å². The summed E-state index contributed by atoms with van der Waals surface area (Å²) in [5, 5.41) is 2.02. The Bertz CT molecular complexity index is 260. The van der Waals surface area contributed by atoms with E-state index in [1.807, 2.05) is 5.38 Å². The standard InChI is InChI=1S/C10H16N2S/c1-8-2-5-10(11,6-3-8)9-4-7-13-12-9/h4,7-8H,2-3,5-6,11H2,1H3. The molecule has 1 aliphatic rings. The van der Waals surface area contributed by atoms with Gasteiger partial charge in [-0.2, -0.15) is 4.37 Å². The van der Waals surface area contributed by atoms with Crippen molar-refractivity contribution in [1.29, 1.82) is 0 Å². The number of nitrogens with zero attached hydrogens (tertiary/aromatic N) is 1. The van der Waals surface area contributed by atoms with Crippen LogP contribution in [0, 0.1) is 5.92 Å². The number of hydrogen-bond acceptors (Lipinski definition) is 3. The van der Waals surface area contributed by atoms with Crippen LogP contribution in [0.5, 0.6) is 0 Å². The van der Waals surface area contributed by atoms with E-state index in [9.17, 15) is 0 Å². The normalized spacial score (nSPS) is 34.8. The molecule has 0 saturated heterocycles. The van der Waals surface area contributed by atoms with Crippen LogP contribution in [0.3, 0.4) is 0 Å². The predicted molar refractivity (Wildman–Crippen MR) is 55.6 cm³/mol. The maximum Gasteiger partial charge on any atom is 0.0740 e. The molecule has 0 unspecified atom stereocenters. The highest BCUT2D eigenvalue weighted by Gasteiger charge is 2.33. The van der Waals surface area contributed by atoms with Crippen LogP contribution in [-0.4, -0.2) is 4.37 Å². The largest absolute Gasteiger partial charge is 0.320 e. The molecule has 2 nitrogen and oxygen atoms in total. The van der Waals surface area contributed by atoms with Gasteiger partial charge in [0, 0.05) is 5.38 Å². The van der Waals surface area contributed by atoms with Crippen LogP contribution < -0.4 is 5.73 Å². The van der Waals surface area contributed by atoms with Gasteiger partial charge in [-0.3, -0.25) is 0 Å². The Morgan fingerprint density at radius 2 is 2.23 bits per heavy atom. The highest BCUT2D eigenvalue weighted by Crippen LogP contribution is 2.36. The number of aromatic nitrogens is 1. The fourth-order valence-electron chi connectivity index (χ4n) is 2.00. The topological polar surface area (TPSA) is 38.9 Å². The van der Waals surface area contributed by atoms with Crippen LogP contribution >= 0.6 is 11.5 Å². The molecule has 72 valence electrons. The molecule has 0 aliphatic heterocycles. The molecule has 0 bridgehead atoms. The second kappa shape index (κ2) is 3.39. The van der Waals surface area contributed by atoms with Crippen molar-refractivity contribution >= 4 is 11.5 Å². The lowest BCUT2D eigenvalue weighted by atomic mass is 9.76. The van der Waals surface area contributed by atoms with Gasteiger partial charge in [0.2, 0.25) is 0 Å². The van der Waals surface area contributed by atoms with E-state index >= 15 is 0 Å². The van der Waals surface area contributed by atoms with Gasteiger partial charge in [0.05, 0.1) is 11.2 Å². The minimum absolute atomic E-state index is 0.119. The van der Waals surface area contributed by atoms with Crippen LogP contribution in [0.2, 0.25) is 0 Å². The van der Waals surface area contributed by atoms with Crippen LogP contribution in [0.4, 0.5) is 0 Å². The van der Waals surface area contributed by atoms with Crippen molar-refractivity contribution in [2.45, 2.75) is 38.1 Å². The van der Waals surface area contributed by atoms with Gasteiger partial charge in [0.15, 0.2) is 0 Å². The van der Waals surface area contributed by atoms with E-state index < -0.39 is 0 Å². The van der Waals surface area contributed by atoms with Gasteiger partial charge in [0.25, 0.3) is 0 Å². The Morgan fingerprint density at radius 1 is 1.54 bits per heavy atom. The molecule has 1 fully saturated rings. The lowest BCUT2D eigenvalue weighted by Crippen LogP contribution is -2.40. The first-order valence-electron chi connectivity index (χ1n) is 4.90. The van der Waals surface area contributed by atoms with E-state index in [0.717, 1.165) is 24.5 Å². The highest BCUT2D eigenvalue weighted by atomic mass is 32.1. The second-order valence-corrected chi connectivity index (χ2v) is 4.89. The third kappa shape index (κ3) is 1.76.